The Morgan fingerprint density at radius 3 is 1.61 bits per heavy atom. The van der Waals surface area contributed by atoms with Gasteiger partial charge in [-0.3, -0.25) is 0 Å². The van der Waals surface area contributed by atoms with Gasteiger partial charge >= 0.3 is 0 Å². The van der Waals surface area contributed by atoms with E-state index in [-0.39, 0.29) is 29.6 Å². The summed E-state index contributed by atoms with van der Waals surface area (Å²) < 4.78 is 0. The molecule has 0 bridgehead atoms. The van der Waals surface area contributed by atoms with Crippen LogP contribution in [0.5, 0.6) is 0 Å². The molecule has 0 aromatic heterocycles. The molecule has 2 aliphatic carbocycles. The standard InChI is InChI=1S/C22H22.Na/c1-14-6-4-8-21-17(14)10-12-19(21)16(3)20-13-11-18-15(2)7-5-9-22(18)20;/h4-13,16,19-20H,1-3H3;. The van der Waals surface area contributed by atoms with E-state index in [0.717, 1.165) is 0 Å². The largest absolute Gasteiger partial charge is 0.0761 e. The van der Waals surface area contributed by atoms with Crippen molar-refractivity contribution in [1.82, 2.24) is 0 Å². The van der Waals surface area contributed by atoms with Crippen molar-refractivity contribution in [3.05, 3.63) is 81.9 Å². The van der Waals surface area contributed by atoms with Crippen molar-refractivity contribution in [3.63, 3.8) is 0 Å². The van der Waals surface area contributed by atoms with E-state index in [4.69, 9.17) is 0 Å². The maximum atomic E-state index is 2.41. The van der Waals surface area contributed by atoms with Crippen molar-refractivity contribution in [2.75, 3.05) is 0 Å². The zero-order valence-corrected chi connectivity index (χ0v) is 16.5. The van der Waals surface area contributed by atoms with E-state index < -0.39 is 0 Å². The molecule has 0 saturated carbocycles. The van der Waals surface area contributed by atoms with E-state index in [0.29, 0.717) is 17.8 Å². The van der Waals surface area contributed by atoms with Crippen LogP contribution in [0, 0.1) is 19.8 Å². The molecule has 2 aliphatic rings. The van der Waals surface area contributed by atoms with Gasteiger partial charge in [-0.1, -0.05) is 67.6 Å². The molecule has 0 amide bonds. The average molecular weight is 309 g/mol. The number of allylic oxidation sites excluding steroid dienone is 2. The first kappa shape index (κ1) is 16.8. The fourth-order valence-corrected chi connectivity index (χ4v) is 4.19. The second-order valence-corrected chi connectivity index (χ2v) is 6.78. The molecule has 2 aromatic carbocycles. The van der Waals surface area contributed by atoms with E-state index in [1.807, 2.05) is 0 Å². The number of rotatable bonds is 2. The smallest absolute Gasteiger partial charge is 0.00618 e. The fraction of sp³-hybridized carbons (Fsp3) is 0.273. The van der Waals surface area contributed by atoms with Crippen LogP contribution in [0.15, 0.2) is 48.6 Å². The van der Waals surface area contributed by atoms with Gasteiger partial charge in [0.15, 0.2) is 0 Å². The number of hydrogen-bond donors (Lipinski definition) is 0. The quantitative estimate of drug-likeness (QED) is 0.644. The Labute approximate surface area is 161 Å². The molecule has 23 heavy (non-hydrogen) atoms. The maximum absolute atomic E-state index is 2.41. The van der Waals surface area contributed by atoms with Gasteiger partial charge in [-0.25, -0.2) is 0 Å². The maximum Gasteiger partial charge on any atom is 0.00618 e. The number of hydrogen-bond acceptors (Lipinski definition) is 0. The summed E-state index contributed by atoms with van der Waals surface area (Å²) in [6, 6.07) is 13.4. The molecule has 2 aromatic rings. The Hall–Kier alpha value is -1.08. The zero-order chi connectivity index (χ0) is 15.3. The van der Waals surface area contributed by atoms with Crippen molar-refractivity contribution in [1.29, 1.82) is 0 Å². The molecule has 4 rings (SSSR count). The fourth-order valence-electron chi connectivity index (χ4n) is 4.19. The topological polar surface area (TPSA) is 0 Å². The first-order chi connectivity index (χ1) is 10.7. The molecule has 2 unspecified atom stereocenters. The third-order valence-electron chi connectivity index (χ3n) is 5.51. The Morgan fingerprint density at radius 1 is 0.739 bits per heavy atom. The van der Waals surface area contributed by atoms with Crippen LogP contribution >= 0.6 is 0 Å². The summed E-state index contributed by atoms with van der Waals surface area (Å²) in [7, 11) is 0. The summed E-state index contributed by atoms with van der Waals surface area (Å²) in [5.41, 5.74) is 8.66. The summed E-state index contributed by atoms with van der Waals surface area (Å²) in [5, 5.41) is 0. The van der Waals surface area contributed by atoms with Gasteiger partial charge in [0.2, 0.25) is 0 Å². The Balaban J connectivity index is 0.00000156. The van der Waals surface area contributed by atoms with Crippen molar-refractivity contribution in [3.8, 4) is 0 Å². The third kappa shape index (κ3) is 2.67. The van der Waals surface area contributed by atoms with Crippen LogP contribution in [0.1, 0.15) is 52.1 Å². The van der Waals surface area contributed by atoms with E-state index in [1.54, 1.807) is 0 Å². The van der Waals surface area contributed by atoms with Crippen LogP contribution in [0.3, 0.4) is 0 Å². The normalized spacial score (nSPS) is 21.7. The molecule has 111 valence electrons. The second-order valence-electron chi connectivity index (χ2n) is 6.78. The first-order valence-corrected chi connectivity index (χ1v) is 8.22. The molecular weight excluding hydrogens is 287 g/mol. The van der Waals surface area contributed by atoms with Gasteiger partial charge in [0, 0.05) is 41.4 Å². The van der Waals surface area contributed by atoms with Crippen LogP contribution < -0.4 is 0 Å². The monoisotopic (exact) mass is 309 g/mol. The van der Waals surface area contributed by atoms with Crippen molar-refractivity contribution in [2.24, 2.45) is 5.92 Å². The molecule has 0 spiro atoms. The van der Waals surface area contributed by atoms with Crippen LogP contribution in [-0.4, -0.2) is 29.6 Å². The second kappa shape index (κ2) is 6.43. The van der Waals surface area contributed by atoms with Gasteiger partial charge in [-0.15, -0.1) is 0 Å². The molecular formula is C22H22Na. The van der Waals surface area contributed by atoms with Crippen LogP contribution in [0.25, 0.3) is 12.2 Å². The third-order valence-corrected chi connectivity index (χ3v) is 5.51. The summed E-state index contributed by atoms with van der Waals surface area (Å²) >= 11 is 0. The molecule has 1 heteroatoms. The summed E-state index contributed by atoms with van der Waals surface area (Å²) in [4.78, 5) is 0. The molecule has 2 atom stereocenters. The van der Waals surface area contributed by atoms with Gasteiger partial charge in [-0.2, -0.15) is 0 Å². The van der Waals surface area contributed by atoms with Gasteiger partial charge in [0.05, 0.1) is 0 Å². The van der Waals surface area contributed by atoms with Crippen LogP contribution in [0.2, 0.25) is 0 Å². The Kier molecular flexibility index (Phi) is 4.69. The van der Waals surface area contributed by atoms with Gasteiger partial charge < -0.3 is 0 Å². The minimum absolute atomic E-state index is 0. The van der Waals surface area contributed by atoms with Crippen molar-refractivity contribution >= 4 is 41.7 Å². The minimum Gasteiger partial charge on any atom is -0.0761 e. The van der Waals surface area contributed by atoms with E-state index in [2.05, 4.69) is 81.5 Å². The SMILES string of the molecule is Cc1cccc2c1C=CC2C(C)C1C=Cc2c(C)cccc21.[Na]. The van der Waals surface area contributed by atoms with Crippen LogP contribution in [0.4, 0.5) is 0 Å². The predicted octanol–water partition coefficient (Wildman–Crippen LogP) is 5.48. The Morgan fingerprint density at radius 2 is 1.17 bits per heavy atom. The van der Waals surface area contributed by atoms with E-state index in [1.165, 1.54) is 33.4 Å². The number of fused-ring (bicyclic) bond motifs is 2. The van der Waals surface area contributed by atoms with Crippen molar-refractivity contribution in [2.45, 2.75) is 32.6 Å². The zero-order valence-electron chi connectivity index (χ0n) is 14.5. The molecule has 0 heterocycles. The average Bonchev–Trinajstić information content (AvgIpc) is 3.12. The summed E-state index contributed by atoms with van der Waals surface area (Å²) in [5.74, 6) is 1.63. The van der Waals surface area contributed by atoms with Gasteiger partial charge in [0.25, 0.3) is 0 Å². The van der Waals surface area contributed by atoms with Gasteiger partial charge in [-0.05, 0) is 53.1 Å². The summed E-state index contributed by atoms with van der Waals surface area (Å²) in [6.45, 7) is 6.83. The summed E-state index contributed by atoms with van der Waals surface area (Å²) in [6.07, 6.45) is 9.46. The molecule has 0 saturated heterocycles. The van der Waals surface area contributed by atoms with Crippen molar-refractivity contribution < 1.29 is 0 Å². The van der Waals surface area contributed by atoms with Gasteiger partial charge in [0.1, 0.15) is 0 Å². The molecule has 0 N–H and O–H groups in total. The first-order valence-electron chi connectivity index (χ1n) is 8.22. The number of benzene rings is 2. The minimum atomic E-state index is 0. The number of aryl methyl sites for hydroxylation is 2. The molecule has 1 radical (unpaired) electrons. The molecule has 0 aliphatic heterocycles. The Bertz CT molecular complexity index is 730. The van der Waals surface area contributed by atoms with Crippen LogP contribution in [-0.2, 0) is 0 Å². The van der Waals surface area contributed by atoms with E-state index in [9.17, 15) is 0 Å². The molecule has 0 fully saturated rings. The predicted molar refractivity (Wildman–Crippen MR) is 101 cm³/mol. The molecule has 0 nitrogen and oxygen atoms in total. The van der Waals surface area contributed by atoms with E-state index >= 15 is 0 Å².